The molecule has 2 amide bonds. The fraction of sp³-hybridized carbons (Fsp3) is 0.300. The standard InChI is InChI=1S/C20H20F5N3O6S/c1-3-33-15-10-12(27-17(29)11-26-18(30)19(2,21)22)7-8-16(15)35(31,32)28-13-5-4-6-14(9-13)34-20(23,24)25/h4-10,28H,3,11H2,1-2H3,(H,26,30)(H,27,29). The van der Waals surface area contributed by atoms with Gasteiger partial charge in [0.2, 0.25) is 5.91 Å². The molecule has 0 aliphatic rings. The zero-order valence-electron chi connectivity index (χ0n) is 18.2. The van der Waals surface area contributed by atoms with Gasteiger partial charge in [-0.2, -0.15) is 8.78 Å². The van der Waals surface area contributed by atoms with Gasteiger partial charge in [0, 0.05) is 24.7 Å². The highest BCUT2D eigenvalue weighted by Gasteiger charge is 2.32. The molecule has 0 bridgehead atoms. The maximum atomic E-state index is 12.9. The average Bonchev–Trinajstić information content (AvgIpc) is 2.70. The van der Waals surface area contributed by atoms with Crippen molar-refractivity contribution in [2.24, 2.45) is 0 Å². The minimum atomic E-state index is -4.97. The minimum absolute atomic E-state index is 0.0104. The Labute approximate surface area is 196 Å². The maximum Gasteiger partial charge on any atom is 0.573 e. The van der Waals surface area contributed by atoms with Gasteiger partial charge >= 0.3 is 12.3 Å². The van der Waals surface area contributed by atoms with Gasteiger partial charge in [0.15, 0.2) is 0 Å². The predicted molar refractivity (Wildman–Crippen MR) is 114 cm³/mol. The molecule has 0 unspecified atom stereocenters. The minimum Gasteiger partial charge on any atom is -0.492 e. The fourth-order valence-electron chi connectivity index (χ4n) is 2.56. The normalized spacial score (nSPS) is 12.0. The van der Waals surface area contributed by atoms with E-state index in [0.717, 1.165) is 36.4 Å². The van der Waals surface area contributed by atoms with Crippen molar-refractivity contribution < 1.29 is 49.4 Å². The highest BCUT2D eigenvalue weighted by molar-refractivity contribution is 7.92. The van der Waals surface area contributed by atoms with Crippen molar-refractivity contribution in [3.63, 3.8) is 0 Å². The van der Waals surface area contributed by atoms with Gasteiger partial charge in [0.25, 0.3) is 15.9 Å². The monoisotopic (exact) mass is 525 g/mol. The third kappa shape index (κ3) is 8.59. The molecule has 0 fully saturated rings. The number of carbonyl (C=O) groups excluding carboxylic acids is 2. The number of halogens is 5. The van der Waals surface area contributed by atoms with Crippen molar-refractivity contribution in [3.8, 4) is 11.5 Å². The lowest BCUT2D eigenvalue weighted by molar-refractivity contribution is -0.274. The van der Waals surface area contributed by atoms with Crippen LogP contribution < -0.4 is 24.8 Å². The average molecular weight is 525 g/mol. The van der Waals surface area contributed by atoms with Crippen LogP contribution in [-0.4, -0.2) is 45.7 Å². The Balaban J connectivity index is 2.20. The van der Waals surface area contributed by atoms with Crippen LogP contribution >= 0.6 is 0 Å². The molecular formula is C20H20F5N3O6S. The number of rotatable bonds is 10. The highest BCUT2D eigenvalue weighted by Crippen LogP contribution is 2.31. The smallest absolute Gasteiger partial charge is 0.492 e. The first kappa shape index (κ1) is 27.6. The second kappa shape index (κ2) is 10.8. The topological polar surface area (TPSA) is 123 Å². The second-order valence-corrected chi connectivity index (χ2v) is 8.55. The number of nitrogens with one attached hydrogen (secondary N) is 3. The van der Waals surface area contributed by atoms with Gasteiger partial charge in [-0.25, -0.2) is 8.42 Å². The molecule has 0 atom stereocenters. The Hall–Kier alpha value is -3.62. The second-order valence-electron chi connectivity index (χ2n) is 6.89. The van der Waals surface area contributed by atoms with E-state index < -0.39 is 51.3 Å². The van der Waals surface area contributed by atoms with Crippen LogP contribution in [0.3, 0.4) is 0 Å². The number of anilines is 2. The first-order valence-electron chi connectivity index (χ1n) is 9.72. The first-order valence-corrected chi connectivity index (χ1v) is 11.2. The van der Waals surface area contributed by atoms with E-state index in [0.29, 0.717) is 6.92 Å². The van der Waals surface area contributed by atoms with E-state index in [2.05, 4.69) is 14.8 Å². The molecule has 0 aliphatic heterocycles. The number of carbonyl (C=O) groups is 2. The zero-order valence-corrected chi connectivity index (χ0v) is 19.0. The Kier molecular flexibility index (Phi) is 8.49. The van der Waals surface area contributed by atoms with Crippen LogP contribution in [0.4, 0.5) is 33.3 Å². The Morgan fingerprint density at radius 3 is 2.29 bits per heavy atom. The van der Waals surface area contributed by atoms with Crippen molar-refractivity contribution in [1.82, 2.24) is 5.32 Å². The molecule has 35 heavy (non-hydrogen) atoms. The SMILES string of the molecule is CCOc1cc(NC(=O)CNC(=O)C(C)(F)F)ccc1S(=O)(=O)Nc1cccc(OC(F)(F)F)c1. The van der Waals surface area contributed by atoms with E-state index in [-0.39, 0.29) is 23.7 Å². The maximum absolute atomic E-state index is 12.9. The third-order valence-electron chi connectivity index (χ3n) is 3.94. The summed E-state index contributed by atoms with van der Waals surface area (Å²) in [5.74, 6) is -7.07. The van der Waals surface area contributed by atoms with Gasteiger partial charge in [-0.3, -0.25) is 14.3 Å². The molecule has 0 spiro atoms. The summed E-state index contributed by atoms with van der Waals surface area (Å²) >= 11 is 0. The molecule has 9 nitrogen and oxygen atoms in total. The lowest BCUT2D eigenvalue weighted by Crippen LogP contribution is -2.41. The van der Waals surface area contributed by atoms with Gasteiger partial charge in [-0.05, 0) is 31.2 Å². The summed E-state index contributed by atoms with van der Waals surface area (Å²) in [6.07, 6.45) is -4.97. The van der Waals surface area contributed by atoms with Crippen LogP contribution in [0.15, 0.2) is 47.4 Å². The molecular weight excluding hydrogens is 505 g/mol. The summed E-state index contributed by atoms with van der Waals surface area (Å²) < 4.78 is 99.8. The Morgan fingerprint density at radius 2 is 1.69 bits per heavy atom. The molecule has 2 aromatic rings. The van der Waals surface area contributed by atoms with E-state index >= 15 is 0 Å². The van der Waals surface area contributed by atoms with Crippen molar-refractivity contribution in [3.05, 3.63) is 42.5 Å². The van der Waals surface area contributed by atoms with Crippen LogP contribution in [-0.2, 0) is 19.6 Å². The molecule has 0 radical (unpaired) electrons. The van der Waals surface area contributed by atoms with Gasteiger partial charge in [0.1, 0.15) is 16.4 Å². The zero-order chi connectivity index (χ0) is 26.4. The lowest BCUT2D eigenvalue weighted by atomic mass is 10.3. The Morgan fingerprint density at radius 1 is 1.00 bits per heavy atom. The lowest BCUT2D eigenvalue weighted by Gasteiger charge is -2.15. The summed E-state index contributed by atoms with van der Waals surface area (Å²) in [5.41, 5.74) is -0.203. The number of hydrogen-bond donors (Lipinski definition) is 3. The van der Waals surface area contributed by atoms with Gasteiger partial charge in [-0.1, -0.05) is 6.07 Å². The van der Waals surface area contributed by atoms with Gasteiger partial charge < -0.3 is 20.1 Å². The molecule has 2 rings (SSSR count). The van der Waals surface area contributed by atoms with Crippen LogP contribution in [0.25, 0.3) is 0 Å². The molecule has 0 saturated heterocycles. The largest absolute Gasteiger partial charge is 0.573 e. The van der Waals surface area contributed by atoms with Crippen molar-refractivity contribution in [2.75, 3.05) is 23.2 Å². The number of benzene rings is 2. The van der Waals surface area contributed by atoms with Gasteiger partial charge in [-0.15, -0.1) is 13.2 Å². The fourth-order valence-corrected chi connectivity index (χ4v) is 3.74. The molecule has 0 heterocycles. The molecule has 2 aromatic carbocycles. The van der Waals surface area contributed by atoms with E-state index in [1.165, 1.54) is 6.07 Å². The third-order valence-corrected chi connectivity index (χ3v) is 5.37. The summed E-state index contributed by atoms with van der Waals surface area (Å²) in [7, 11) is -4.37. The number of hydrogen-bond acceptors (Lipinski definition) is 6. The van der Waals surface area contributed by atoms with Gasteiger partial charge in [0.05, 0.1) is 18.8 Å². The number of sulfonamides is 1. The highest BCUT2D eigenvalue weighted by atomic mass is 32.2. The predicted octanol–water partition coefficient (Wildman–Crippen LogP) is 3.49. The van der Waals surface area contributed by atoms with Crippen LogP contribution in [0.5, 0.6) is 11.5 Å². The van der Waals surface area contributed by atoms with E-state index in [1.54, 1.807) is 12.2 Å². The summed E-state index contributed by atoms with van der Waals surface area (Å²) in [4.78, 5) is 22.7. The first-order chi connectivity index (χ1) is 16.1. The van der Waals surface area contributed by atoms with Crippen molar-refractivity contribution >= 4 is 33.2 Å². The summed E-state index contributed by atoms with van der Waals surface area (Å²) in [5, 5.41) is 4.03. The summed E-state index contributed by atoms with van der Waals surface area (Å²) in [6.45, 7) is 1.15. The molecule has 0 aliphatic carbocycles. The molecule has 0 saturated carbocycles. The number of amides is 2. The summed E-state index contributed by atoms with van der Waals surface area (Å²) in [6, 6.07) is 7.51. The molecule has 192 valence electrons. The number of alkyl halides is 5. The van der Waals surface area contributed by atoms with Crippen LogP contribution in [0.2, 0.25) is 0 Å². The Bertz CT molecular complexity index is 1180. The van der Waals surface area contributed by atoms with Crippen LogP contribution in [0, 0.1) is 0 Å². The molecule has 3 N–H and O–H groups in total. The van der Waals surface area contributed by atoms with Crippen LogP contribution in [0.1, 0.15) is 13.8 Å². The van der Waals surface area contributed by atoms with E-state index in [4.69, 9.17) is 4.74 Å². The van der Waals surface area contributed by atoms with Crippen molar-refractivity contribution in [2.45, 2.75) is 31.0 Å². The van der Waals surface area contributed by atoms with Crippen molar-refractivity contribution in [1.29, 1.82) is 0 Å². The van der Waals surface area contributed by atoms with E-state index in [9.17, 15) is 40.0 Å². The number of ether oxygens (including phenoxy) is 2. The quantitative estimate of drug-likeness (QED) is 0.408. The molecule has 15 heteroatoms. The van der Waals surface area contributed by atoms with E-state index in [1.807, 2.05) is 0 Å². The molecule has 0 aromatic heterocycles.